The predicted molar refractivity (Wildman–Crippen MR) is 48.7 cm³/mol. The van der Waals surface area contributed by atoms with E-state index < -0.39 is 0 Å². The van der Waals surface area contributed by atoms with E-state index in [0.717, 1.165) is 12.8 Å². The van der Waals surface area contributed by atoms with Gasteiger partial charge in [0.25, 0.3) is 0 Å². The summed E-state index contributed by atoms with van der Waals surface area (Å²) in [5, 5.41) is 1.51. The molecule has 0 aromatic rings. The SMILES string of the molecule is C=CC[C@@H]1C[C@@H]2C=CCC(=O)N2O1. The fourth-order valence-electron chi connectivity index (χ4n) is 1.79. The minimum atomic E-state index is 0.0686. The van der Waals surface area contributed by atoms with E-state index in [1.54, 1.807) is 0 Å². The molecule has 0 bridgehead atoms. The van der Waals surface area contributed by atoms with Gasteiger partial charge in [-0.2, -0.15) is 0 Å². The van der Waals surface area contributed by atoms with Gasteiger partial charge in [-0.3, -0.25) is 9.63 Å². The molecule has 0 unspecified atom stereocenters. The standard InChI is InChI=1S/C10H13NO2/c1-2-4-9-7-8-5-3-6-10(12)11(8)13-9/h2-3,5,8-9H,1,4,6-7H2/t8-,9+/m0/s1. The van der Waals surface area contributed by atoms with Crippen LogP contribution in [0.15, 0.2) is 24.8 Å². The second-order valence-electron chi connectivity index (χ2n) is 3.41. The van der Waals surface area contributed by atoms with Gasteiger partial charge in [-0.25, -0.2) is 5.06 Å². The second-order valence-corrected chi connectivity index (χ2v) is 3.41. The number of hydrogen-bond acceptors (Lipinski definition) is 2. The molecule has 2 heterocycles. The van der Waals surface area contributed by atoms with Crippen molar-refractivity contribution in [1.29, 1.82) is 0 Å². The van der Waals surface area contributed by atoms with Crippen LogP contribution in [0.2, 0.25) is 0 Å². The molecule has 0 aromatic heterocycles. The zero-order chi connectivity index (χ0) is 9.26. The summed E-state index contributed by atoms with van der Waals surface area (Å²) < 4.78 is 0. The van der Waals surface area contributed by atoms with E-state index in [1.807, 2.05) is 18.2 Å². The summed E-state index contributed by atoms with van der Waals surface area (Å²) in [6.45, 7) is 3.66. The van der Waals surface area contributed by atoms with E-state index in [9.17, 15) is 4.79 Å². The van der Waals surface area contributed by atoms with Gasteiger partial charge >= 0.3 is 0 Å². The maximum Gasteiger partial charge on any atom is 0.250 e. The molecular formula is C10H13NO2. The molecule has 13 heavy (non-hydrogen) atoms. The first-order valence-electron chi connectivity index (χ1n) is 4.57. The molecule has 1 amide bonds. The summed E-state index contributed by atoms with van der Waals surface area (Å²) >= 11 is 0. The van der Waals surface area contributed by atoms with Crippen molar-refractivity contribution in [3.05, 3.63) is 24.8 Å². The number of hydrogen-bond donors (Lipinski definition) is 0. The summed E-state index contributed by atoms with van der Waals surface area (Å²) in [5.41, 5.74) is 0. The highest BCUT2D eigenvalue weighted by atomic mass is 16.7. The second kappa shape index (κ2) is 3.34. The first kappa shape index (κ1) is 8.51. The van der Waals surface area contributed by atoms with Gasteiger partial charge in [0, 0.05) is 12.8 Å². The minimum absolute atomic E-state index is 0.0686. The Labute approximate surface area is 77.6 Å². The van der Waals surface area contributed by atoms with Crippen LogP contribution in [0, 0.1) is 0 Å². The third-order valence-corrected chi connectivity index (χ3v) is 2.39. The van der Waals surface area contributed by atoms with Crippen LogP contribution in [-0.2, 0) is 9.63 Å². The average Bonchev–Trinajstić information content (AvgIpc) is 2.49. The Morgan fingerprint density at radius 2 is 2.62 bits per heavy atom. The smallest absolute Gasteiger partial charge is 0.250 e. The van der Waals surface area contributed by atoms with Gasteiger partial charge in [0.2, 0.25) is 5.91 Å². The van der Waals surface area contributed by atoms with E-state index in [2.05, 4.69) is 6.58 Å². The number of carbonyl (C=O) groups is 1. The van der Waals surface area contributed by atoms with E-state index >= 15 is 0 Å². The van der Waals surface area contributed by atoms with Gasteiger partial charge in [-0.1, -0.05) is 18.2 Å². The molecule has 0 spiro atoms. The molecule has 0 aliphatic carbocycles. The van der Waals surface area contributed by atoms with Gasteiger partial charge in [0.1, 0.15) is 0 Å². The largest absolute Gasteiger partial charge is 0.272 e. The van der Waals surface area contributed by atoms with Gasteiger partial charge < -0.3 is 0 Å². The quantitative estimate of drug-likeness (QED) is 0.600. The fourth-order valence-corrected chi connectivity index (χ4v) is 1.79. The summed E-state index contributed by atoms with van der Waals surface area (Å²) in [6, 6.07) is 0.159. The lowest BCUT2D eigenvalue weighted by atomic mass is 10.1. The Morgan fingerprint density at radius 1 is 1.77 bits per heavy atom. The van der Waals surface area contributed by atoms with Crippen LogP contribution in [0.1, 0.15) is 19.3 Å². The molecule has 0 radical (unpaired) electrons. The van der Waals surface area contributed by atoms with Gasteiger partial charge in [-0.15, -0.1) is 6.58 Å². The normalized spacial score (nSPS) is 32.0. The van der Waals surface area contributed by atoms with Crippen LogP contribution in [0.4, 0.5) is 0 Å². The monoisotopic (exact) mass is 179 g/mol. The Morgan fingerprint density at radius 3 is 3.31 bits per heavy atom. The third kappa shape index (κ3) is 1.52. The number of nitrogens with zero attached hydrogens (tertiary/aromatic N) is 1. The highest BCUT2D eigenvalue weighted by Gasteiger charge is 2.35. The van der Waals surface area contributed by atoms with E-state index in [-0.39, 0.29) is 18.1 Å². The highest BCUT2D eigenvalue weighted by Crippen LogP contribution is 2.27. The summed E-state index contributed by atoms with van der Waals surface area (Å²) in [6.07, 6.45) is 8.11. The molecule has 0 saturated carbocycles. The molecule has 0 aromatic carbocycles. The Kier molecular flexibility index (Phi) is 2.19. The maximum atomic E-state index is 11.3. The fraction of sp³-hybridized carbons (Fsp3) is 0.500. The van der Waals surface area contributed by atoms with Crippen molar-refractivity contribution in [3.63, 3.8) is 0 Å². The van der Waals surface area contributed by atoms with Crippen LogP contribution in [-0.4, -0.2) is 23.1 Å². The lowest BCUT2D eigenvalue weighted by Gasteiger charge is -2.22. The van der Waals surface area contributed by atoms with Crippen molar-refractivity contribution in [1.82, 2.24) is 5.06 Å². The minimum Gasteiger partial charge on any atom is -0.272 e. The van der Waals surface area contributed by atoms with E-state index in [1.165, 1.54) is 5.06 Å². The van der Waals surface area contributed by atoms with Crippen molar-refractivity contribution in [3.8, 4) is 0 Å². The third-order valence-electron chi connectivity index (χ3n) is 2.39. The zero-order valence-corrected chi connectivity index (χ0v) is 7.48. The Bertz CT molecular complexity index is 260. The molecule has 2 rings (SSSR count). The van der Waals surface area contributed by atoms with Gasteiger partial charge in [0.05, 0.1) is 12.1 Å². The highest BCUT2D eigenvalue weighted by molar-refractivity contribution is 5.78. The van der Waals surface area contributed by atoms with E-state index in [4.69, 9.17) is 4.84 Å². The van der Waals surface area contributed by atoms with Crippen LogP contribution in [0.3, 0.4) is 0 Å². The van der Waals surface area contributed by atoms with E-state index in [0.29, 0.717) is 6.42 Å². The van der Waals surface area contributed by atoms with Crippen molar-refractivity contribution in [2.24, 2.45) is 0 Å². The van der Waals surface area contributed by atoms with Crippen LogP contribution < -0.4 is 0 Å². The summed E-state index contributed by atoms with van der Waals surface area (Å²) in [7, 11) is 0. The lowest BCUT2D eigenvalue weighted by molar-refractivity contribution is -0.184. The Hall–Kier alpha value is -1.09. The van der Waals surface area contributed by atoms with Crippen LogP contribution >= 0.6 is 0 Å². The number of hydroxylamine groups is 2. The first-order chi connectivity index (χ1) is 6.31. The molecule has 1 fully saturated rings. The maximum absolute atomic E-state index is 11.3. The lowest BCUT2D eigenvalue weighted by Crippen LogP contribution is -2.35. The van der Waals surface area contributed by atoms with Crippen LogP contribution in [0.25, 0.3) is 0 Å². The molecule has 1 saturated heterocycles. The first-order valence-corrected chi connectivity index (χ1v) is 4.57. The molecule has 0 N–H and O–H groups in total. The summed E-state index contributed by atoms with van der Waals surface area (Å²) in [5.74, 6) is 0.0686. The predicted octanol–water partition coefficient (Wildman–Crippen LogP) is 1.42. The van der Waals surface area contributed by atoms with Crippen molar-refractivity contribution >= 4 is 5.91 Å². The molecule has 70 valence electrons. The molecular weight excluding hydrogens is 166 g/mol. The van der Waals surface area contributed by atoms with Gasteiger partial charge in [0.15, 0.2) is 0 Å². The molecule has 2 aliphatic heterocycles. The van der Waals surface area contributed by atoms with Crippen molar-refractivity contribution in [2.75, 3.05) is 0 Å². The molecule has 2 atom stereocenters. The number of carbonyl (C=O) groups excluding carboxylic acids is 1. The van der Waals surface area contributed by atoms with Crippen molar-refractivity contribution < 1.29 is 9.63 Å². The van der Waals surface area contributed by atoms with Gasteiger partial charge in [-0.05, 0) is 6.42 Å². The topological polar surface area (TPSA) is 29.5 Å². The molecule has 2 aliphatic rings. The van der Waals surface area contributed by atoms with Crippen LogP contribution in [0.5, 0.6) is 0 Å². The number of amides is 1. The summed E-state index contributed by atoms with van der Waals surface area (Å²) in [4.78, 5) is 16.8. The average molecular weight is 179 g/mol. The number of rotatable bonds is 2. The Balaban J connectivity index is 2.05. The zero-order valence-electron chi connectivity index (χ0n) is 7.48. The molecule has 3 nitrogen and oxygen atoms in total. The van der Waals surface area contributed by atoms with Crippen molar-refractivity contribution in [2.45, 2.75) is 31.4 Å². The number of fused-ring (bicyclic) bond motifs is 1. The molecule has 3 heteroatoms.